The molecule has 1 saturated carbocycles. The van der Waals surface area contributed by atoms with Crippen molar-refractivity contribution in [2.45, 2.75) is 44.9 Å². The summed E-state index contributed by atoms with van der Waals surface area (Å²) in [5.41, 5.74) is 12.3. The number of aromatic nitrogens is 2. The quantitative estimate of drug-likeness (QED) is 0.825. The Labute approximate surface area is 131 Å². The molecule has 5 nitrogen and oxygen atoms in total. The molecule has 0 bridgehead atoms. The van der Waals surface area contributed by atoms with Crippen LogP contribution in [0, 0.1) is 5.92 Å². The first kappa shape index (κ1) is 14.9. The van der Waals surface area contributed by atoms with Crippen molar-refractivity contribution in [3.8, 4) is 5.75 Å². The molecule has 1 aliphatic carbocycles. The molecule has 2 aromatic rings. The lowest BCUT2D eigenvalue weighted by molar-refractivity contribution is 0.271. The Morgan fingerprint density at radius 1 is 1.09 bits per heavy atom. The van der Waals surface area contributed by atoms with E-state index in [-0.39, 0.29) is 5.95 Å². The van der Waals surface area contributed by atoms with Gasteiger partial charge < -0.3 is 16.2 Å². The molecule has 1 heterocycles. The zero-order chi connectivity index (χ0) is 15.4. The number of nitrogen functional groups attached to an aromatic ring is 2. The molecule has 0 unspecified atom stereocenters. The van der Waals surface area contributed by atoms with Crippen molar-refractivity contribution in [2.24, 2.45) is 5.92 Å². The van der Waals surface area contributed by atoms with Gasteiger partial charge in [-0.2, -0.15) is 4.98 Å². The zero-order valence-electron chi connectivity index (χ0n) is 12.9. The fourth-order valence-electron chi connectivity index (χ4n) is 3.35. The average Bonchev–Trinajstić information content (AvgIpc) is 2.52. The highest BCUT2D eigenvalue weighted by atomic mass is 16.5. The van der Waals surface area contributed by atoms with E-state index >= 15 is 0 Å². The van der Waals surface area contributed by atoms with Crippen molar-refractivity contribution in [1.82, 2.24) is 9.97 Å². The van der Waals surface area contributed by atoms with E-state index in [1.54, 1.807) is 0 Å². The van der Waals surface area contributed by atoms with Gasteiger partial charge in [0.05, 0.1) is 17.5 Å². The third kappa shape index (κ3) is 3.40. The average molecular weight is 300 g/mol. The normalized spacial score (nSPS) is 16.0. The lowest BCUT2D eigenvalue weighted by Gasteiger charge is -2.21. The van der Waals surface area contributed by atoms with Crippen LogP contribution in [0.3, 0.4) is 0 Å². The number of fused-ring (bicyclic) bond motifs is 1. The predicted octanol–water partition coefficient (Wildman–Crippen LogP) is 3.53. The number of nitrogens with two attached hydrogens (primary N) is 2. The Morgan fingerprint density at radius 2 is 1.91 bits per heavy atom. The van der Waals surface area contributed by atoms with E-state index in [1.807, 2.05) is 18.2 Å². The first-order chi connectivity index (χ1) is 10.7. The second-order valence-corrected chi connectivity index (χ2v) is 6.11. The van der Waals surface area contributed by atoms with Gasteiger partial charge in [0.25, 0.3) is 0 Å². The van der Waals surface area contributed by atoms with Gasteiger partial charge in [0, 0.05) is 0 Å². The Balaban J connectivity index is 1.61. The molecule has 1 aromatic heterocycles. The van der Waals surface area contributed by atoms with E-state index in [1.165, 1.54) is 38.5 Å². The van der Waals surface area contributed by atoms with Crippen LogP contribution in [0.2, 0.25) is 0 Å². The van der Waals surface area contributed by atoms with Gasteiger partial charge in [-0.05, 0) is 30.9 Å². The van der Waals surface area contributed by atoms with Crippen LogP contribution in [0.4, 0.5) is 11.8 Å². The molecular formula is C17H24N4O. The molecule has 118 valence electrons. The van der Waals surface area contributed by atoms with Crippen LogP contribution >= 0.6 is 0 Å². The number of anilines is 2. The summed E-state index contributed by atoms with van der Waals surface area (Å²) in [6, 6.07) is 5.70. The highest BCUT2D eigenvalue weighted by Gasteiger charge is 2.13. The van der Waals surface area contributed by atoms with E-state index in [0.29, 0.717) is 12.4 Å². The highest BCUT2D eigenvalue weighted by molar-refractivity contribution is 5.94. The first-order valence-electron chi connectivity index (χ1n) is 8.18. The maximum Gasteiger partial charge on any atom is 0.222 e. The number of hydrogen-bond donors (Lipinski definition) is 2. The monoisotopic (exact) mass is 300 g/mol. The SMILES string of the molecule is Nc1nc(N)c2c(OCCCC3CCCCC3)cccc2n1. The minimum Gasteiger partial charge on any atom is -0.493 e. The molecule has 5 heteroatoms. The van der Waals surface area contributed by atoms with Crippen molar-refractivity contribution >= 4 is 22.7 Å². The first-order valence-corrected chi connectivity index (χ1v) is 8.18. The van der Waals surface area contributed by atoms with Crippen LogP contribution in [0.25, 0.3) is 10.9 Å². The summed E-state index contributed by atoms with van der Waals surface area (Å²) < 4.78 is 5.93. The third-order valence-corrected chi connectivity index (χ3v) is 4.47. The molecule has 1 fully saturated rings. The summed E-state index contributed by atoms with van der Waals surface area (Å²) in [5, 5.41) is 0.759. The van der Waals surface area contributed by atoms with Gasteiger partial charge in [0.15, 0.2) is 0 Å². The van der Waals surface area contributed by atoms with Crippen LogP contribution in [0.1, 0.15) is 44.9 Å². The second kappa shape index (κ2) is 6.81. The van der Waals surface area contributed by atoms with Gasteiger partial charge in [0.2, 0.25) is 5.95 Å². The summed E-state index contributed by atoms with van der Waals surface area (Å²) >= 11 is 0. The summed E-state index contributed by atoms with van der Waals surface area (Å²) in [4.78, 5) is 8.23. The number of rotatable bonds is 5. The van der Waals surface area contributed by atoms with Crippen molar-refractivity contribution in [3.63, 3.8) is 0 Å². The molecule has 0 aliphatic heterocycles. The van der Waals surface area contributed by atoms with Crippen LogP contribution < -0.4 is 16.2 Å². The molecule has 0 atom stereocenters. The topological polar surface area (TPSA) is 87.0 Å². The Kier molecular flexibility index (Phi) is 4.61. The summed E-state index contributed by atoms with van der Waals surface area (Å²) in [6.45, 7) is 0.708. The van der Waals surface area contributed by atoms with Gasteiger partial charge in [-0.3, -0.25) is 0 Å². The minimum atomic E-state index is 0.194. The van der Waals surface area contributed by atoms with E-state index in [9.17, 15) is 0 Å². The van der Waals surface area contributed by atoms with Crippen molar-refractivity contribution < 1.29 is 4.74 Å². The lowest BCUT2D eigenvalue weighted by atomic mass is 9.86. The van der Waals surface area contributed by atoms with Gasteiger partial charge in [-0.15, -0.1) is 0 Å². The van der Waals surface area contributed by atoms with Crippen molar-refractivity contribution in [2.75, 3.05) is 18.1 Å². The van der Waals surface area contributed by atoms with Crippen LogP contribution in [0.5, 0.6) is 5.75 Å². The minimum absolute atomic E-state index is 0.194. The van der Waals surface area contributed by atoms with E-state index < -0.39 is 0 Å². The summed E-state index contributed by atoms with van der Waals surface area (Å²) in [7, 11) is 0. The van der Waals surface area contributed by atoms with Gasteiger partial charge in [-0.25, -0.2) is 4.98 Å². The lowest BCUT2D eigenvalue weighted by Crippen LogP contribution is -2.08. The molecule has 3 rings (SSSR count). The Hall–Kier alpha value is -2.04. The van der Waals surface area contributed by atoms with Crippen molar-refractivity contribution in [1.29, 1.82) is 0 Å². The summed E-state index contributed by atoms with van der Waals surface area (Å²) in [5.74, 6) is 2.21. The van der Waals surface area contributed by atoms with Gasteiger partial charge in [0.1, 0.15) is 11.6 Å². The second-order valence-electron chi connectivity index (χ2n) is 6.11. The fraction of sp³-hybridized carbons (Fsp3) is 0.529. The molecule has 0 saturated heterocycles. The van der Waals surface area contributed by atoms with Gasteiger partial charge >= 0.3 is 0 Å². The third-order valence-electron chi connectivity index (χ3n) is 4.47. The fourth-order valence-corrected chi connectivity index (χ4v) is 3.35. The molecule has 0 spiro atoms. The highest BCUT2D eigenvalue weighted by Crippen LogP contribution is 2.30. The standard InChI is InChI=1S/C17H24N4O/c18-16-15-13(20-17(19)21-16)9-4-10-14(15)22-11-5-8-12-6-2-1-3-7-12/h4,9-10,12H,1-3,5-8,11H2,(H4,18,19,20,21). The smallest absolute Gasteiger partial charge is 0.222 e. The molecule has 22 heavy (non-hydrogen) atoms. The molecule has 4 N–H and O–H groups in total. The Morgan fingerprint density at radius 3 is 2.73 bits per heavy atom. The van der Waals surface area contributed by atoms with Crippen LogP contribution in [0.15, 0.2) is 18.2 Å². The summed E-state index contributed by atoms with van der Waals surface area (Å²) in [6.07, 6.45) is 9.29. The number of ether oxygens (including phenoxy) is 1. The van der Waals surface area contributed by atoms with Crippen LogP contribution in [-0.4, -0.2) is 16.6 Å². The van der Waals surface area contributed by atoms with Gasteiger partial charge in [-0.1, -0.05) is 38.2 Å². The Bertz CT molecular complexity index is 638. The zero-order valence-corrected chi connectivity index (χ0v) is 12.9. The molecule has 1 aromatic carbocycles. The maximum absolute atomic E-state index is 5.97. The predicted molar refractivity (Wildman–Crippen MR) is 89.7 cm³/mol. The molecule has 0 radical (unpaired) electrons. The maximum atomic E-state index is 5.97. The molecule has 1 aliphatic rings. The number of hydrogen-bond acceptors (Lipinski definition) is 5. The number of nitrogens with zero attached hydrogens (tertiary/aromatic N) is 2. The van der Waals surface area contributed by atoms with Crippen molar-refractivity contribution in [3.05, 3.63) is 18.2 Å². The number of benzene rings is 1. The molecule has 0 amide bonds. The van der Waals surface area contributed by atoms with E-state index in [0.717, 1.165) is 29.0 Å². The van der Waals surface area contributed by atoms with E-state index in [2.05, 4.69) is 9.97 Å². The van der Waals surface area contributed by atoms with E-state index in [4.69, 9.17) is 16.2 Å². The van der Waals surface area contributed by atoms with Crippen LogP contribution in [-0.2, 0) is 0 Å². The molecular weight excluding hydrogens is 276 g/mol. The largest absolute Gasteiger partial charge is 0.493 e.